The fraction of sp³-hybridized carbons (Fsp3) is 0.667. The molecule has 0 bridgehead atoms. The predicted molar refractivity (Wildman–Crippen MR) is 69.4 cm³/mol. The Morgan fingerprint density at radius 1 is 1.22 bits per heavy atom. The summed E-state index contributed by atoms with van der Waals surface area (Å²) in [6, 6.07) is 0. The zero-order valence-corrected chi connectivity index (χ0v) is 12.5. The van der Waals surface area contributed by atoms with E-state index < -0.39 is 13.6 Å². The fourth-order valence-electron chi connectivity index (χ4n) is 1.31. The van der Waals surface area contributed by atoms with Crippen molar-refractivity contribution < 1.29 is 23.1 Å². The van der Waals surface area contributed by atoms with Crippen LogP contribution in [0.25, 0.3) is 0 Å². The summed E-state index contributed by atoms with van der Waals surface area (Å²) in [5, 5.41) is 0.362. The Balaban J connectivity index is 5.52. The number of hydrogen-bond acceptors (Lipinski definition) is 5. The van der Waals surface area contributed by atoms with Gasteiger partial charge in [-0.3, -0.25) is 4.57 Å². The van der Waals surface area contributed by atoms with Gasteiger partial charge in [0.2, 0.25) is 0 Å². The Morgan fingerprint density at radius 2 is 1.78 bits per heavy atom. The van der Waals surface area contributed by atoms with Gasteiger partial charge in [-0.1, -0.05) is 19.1 Å². The molecule has 0 rings (SSSR count). The first-order valence-electron chi connectivity index (χ1n) is 5.80. The Morgan fingerprint density at radius 3 is 2.17 bits per heavy atom. The quantitative estimate of drug-likeness (QED) is 0.309. The van der Waals surface area contributed by atoms with E-state index in [0.717, 1.165) is 6.42 Å². The van der Waals surface area contributed by atoms with Crippen LogP contribution in [0.15, 0.2) is 16.6 Å². The van der Waals surface area contributed by atoms with Crippen molar-refractivity contribution in [1.29, 1.82) is 0 Å². The molecule has 18 heavy (non-hydrogen) atoms. The summed E-state index contributed by atoms with van der Waals surface area (Å²) in [4.78, 5) is 11.5. The van der Waals surface area contributed by atoms with E-state index in [-0.39, 0.29) is 12.2 Å². The molecule has 0 aliphatic heterocycles. The molecule has 0 aliphatic rings. The summed E-state index contributed by atoms with van der Waals surface area (Å²) in [5.41, 5.74) is 3.05. The molecule has 6 heteroatoms. The van der Waals surface area contributed by atoms with E-state index in [1.54, 1.807) is 13.8 Å². The van der Waals surface area contributed by atoms with Gasteiger partial charge >= 0.3 is 13.6 Å². The average Bonchev–Trinajstić information content (AvgIpc) is 2.37. The molecule has 0 radical (unpaired) electrons. The molecule has 0 saturated heterocycles. The van der Waals surface area contributed by atoms with Gasteiger partial charge in [0.25, 0.3) is 0 Å². The van der Waals surface area contributed by atoms with E-state index >= 15 is 0 Å². The maximum absolute atomic E-state index is 12.2. The Bertz CT molecular complexity index is 385. The van der Waals surface area contributed by atoms with E-state index in [1.165, 1.54) is 14.2 Å². The first-order chi connectivity index (χ1) is 8.45. The van der Waals surface area contributed by atoms with Gasteiger partial charge in [-0.25, -0.2) is 4.79 Å². The van der Waals surface area contributed by atoms with Gasteiger partial charge in [0.05, 0.1) is 17.5 Å². The van der Waals surface area contributed by atoms with Gasteiger partial charge in [-0.2, -0.15) is 0 Å². The number of carbonyl (C=O) groups is 1. The highest BCUT2D eigenvalue weighted by Crippen LogP contribution is 2.55. The van der Waals surface area contributed by atoms with E-state index in [1.807, 2.05) is 6.92 Å². The highest BCUT2D eigenvalue weighted by molar-refractivity contribution is 7.58. The first kappa shape index (κ1) is 17.1. The van der Waals surface area contributed by atoms with Crippen molar-refractivity contribution in [2.75, 3.05) is 20.8 Å². The molecule has 0 aliphatic carbocycles. The molecule has 0 spiro atoms. The summed E-state index contributed by atoms with van der Waals surface area (Å²) >= 11 is 0. The summed E-state index contributed by atoms with van der Waals surface area (Å²) in [6.45, 7) is 5.49. The van der Waals surface area contributed by atoms with Gasteiger partial charge in [0.15, 0.2) is 0 Å². The third kappa shape index (κ3) is 4.79. The molecule has 0 saturated carbocycles. The van der Waals surface area contributed by atoms with Crippen LogP contribution in [-0.2, 0) is 23.1 Å². The van der Waals surface area contributed by atoms with Crippen LogP contribution in [-0.4, -0.2) is 26.8 Å². The average molecular weight is 276 g/mol. The van der Waals surface area contributed by atoms with Crippen LogP contribution in [0.4, 0.5) is 0 Å². The third-order valence-corrected chi connectivity index (χ3v) is 4.17. The monoisotopic (exact) mass is 276 g/mol. The number of hydrogen-bond donors (Lipinski definition) is 0. The van der Waals surface area contributed by atoms with Gasteiger partial charge < -0.3 is 13.8 Å². The number of carbonyl (C=O) groups excluding carboxylic acids is 1. The molecule has 104 valence electrons. The van der Waals surface area contributed by atoms with Gasteiger partial charge in [0.1, 0.15) is 0 Å². The van der Waals surface area contributed by atoms with Crippen LogP contribution >= 0.6 is 7.60 Å². The topological polar surface area (TPSA) is 61.8 Å². The second-order valence-electron chi connectivity index (χ2n) is 3.53. The molecule has 0 atom stereocenters. The lowest BCUT2D eigenvalue weighted by Crippen LogP contribution is -2.04. The molecule has 0 aromatic carbocycles. The lowest BCUT2D eigenvalue weighted by molar-refractivity contribution is -0.138. The van der Waals surface area contributed by atoms with Crippen LogP contribution in [0.5, 0.6) is 0 Å². The second-order valence-corrected chi connectivity index (χ2v) is 5.79. The van der Waals surface area contributed by atoms with Crippen LogP contribution in [0.2, 0.25) is 0 Å². The largest absolute Gasteiger partial charge is 0.462 e. The molecule has 0 heterocycles. The lowest BCUT2D eigenvalue weighted by Gasteiger charge is -2.15. The highest BCUT2D eigenvalue weighted by Gasteiger charge is 2.27. The zero-order chi connectivity index (χ0) is 14.2. The molecule has 0 unspecified atom stereocenters. The second kappa shape index (κ2) is 8.28. The van der Waals surface area contributed by atoms with Crippen LogP contribution in [0.1, 0.15) is 33.6 Å². The molecule has 0 amide bonds. The van der Waals surface area contributed by atoms with E-state index in [4.69, 9.17) is 13.8 Å². The van der Waals surface area contributed by atoms with E-state index in [0.29, 0.717) is 11.7 Å². The summed E-state index contributed by atoms with van der Waals surface area (Å²) in [6.07, 6.45) is 1.23. The minimum absolute atomic E-state index is 0.259. The maximum atomic E-state index is 12.2. The van der Waals surface area contributed by atoms with Crippen molar-refractivity contribution in [2.24, 2.45) is 0 Å². The minimum Gasteiger partial charge on any atom is -0.462 e. The Labute approximate surface area is 108 Å². The minimum atomic E-state index is -3.34. The summed E-state index contributed by atoms with van der Waals surface area (Å²) in [5.74, 6) is -0.482. The number of rotatable bonds is 7. The smallest absolute Gasteiger partial charge is 0.364 e. The third-order valence-electron chi connectivity index (χ3n) is 2.21. The van der Waals surface area contributed by atoms with Crippen molar-refractivity contribution in [3.63, 3.8) is 0 Å². The van der Waals surface area contributed by atoms with E-state index in [2.05, 4.69) is 5.73 Å². The van der Waals surface area contributed by atoms with Crippen molar-refractivity contribution in [3.8, 4) is 0 Å². The standard InChI is InChI=1S/C12H21O5P/c1-6-8-11(18(14,15-4)16-5)9-10(3)12(13)17-7-2/h6-8H2,1-5H3. The lowest BCUT2D eigenvalue weighted by atomic mass is 10.2. The fourth-order valence-corrected chi connectivity index (χ4v) is 2.70. The van der Waals surface area contributed by atoms with Crippen molar-refractivity contribution >= 4 is 13.6 Å². The molecule has 5 nitrogen and oxygen atoms in total. The highest BCUT2D eigenvalue weighted by atomic mass is 31.2. The molecular formula is C12H21O5P. The van der Waals surface area contributed by atoms with Crippen molar-refractivity contribution in [2.45, 2.75) is 33.6 Å². The molecule has 0 N–H and O–H groups in total. The van der Waals surface area contributed by atoms with Crippen LogP contribution in [0.3, 0.4) is 0 Å². The predicted octanol–water partition coefficient (Wildman–Crippen LogP) is 3.26. The van der Waals surface area contributed by atoms with Gasteiger partial charge in [-0.15, -0.1) is 0 Å². The van der Waals surface area contributed by atoms with Crippen LogP contribution in [0, 0.1) is 0 Å². The van der Waals surface area contributed by atoms with Gasteiger partial charge in [-0.05, 0) is 20.3 Å². The Hall–Kier alpha value is -0.860. The Kier molecular flexibility index (Phi) is 7.88. The maximum Gasteiger partial charge on any atom is 0.364 e. The van der Waals surface area contributed by atoms with Crippen molar-refractivity contribution in [1.82, 2.24) is 0 Å². The summed E-state index contributed by atoms with van der Waals surface area (Å²) < 4.78 is 26.9. The van der Waals surface area contributed by atoms with E-state index in [9.17, 15) is 9.36 Å². The summed E-state index contributed by atoms with van der Waals surface area (Å²) in [7, 11) is -0.730. The van der Waals surface area contributed by atoms with Crippen molar-refractivity contribution in [3.05, 3.63) is 16.6 Å². The molecule has 0 aromatic rings. The molecular weight excluding hydrogens is 255 g/mol. The van der Waals surface area contributed by atoms with Crippen LogP contribution < -0.4 is 0 Å². The molecule has 0 fully saturated rings. The normalized spacial score (nSPS) is 10.7. The van der Waals surface area contributed by atoms with Gasteiger partial charge in [0, 0.05) is 14.2 Å². The molecule has 0 aromatic heterocycles. The SMILES string of the molecule is CCCC(=C=C(C)C(=O)OCC)P(=O)(OC)OC. The number of esters is 1. The first-order valence-corrected chi connectivity index (χ1v) is 7.35. The zero-order valence-electron chi connectivity index (χ0n) is 11.6. The number of ether oxygens (including phenoxy) is 1.